The molecule has 0 aliphatic rings. The fourth-order valence-corrected chi connectivity index (χ4v) is 4.60. The molecule has 0 aliphatic carbocycles. The second-order valence-electron chi connectivity index (χ2n) is 7.01. The zero-order valence-corrected chi connectivity index (χ0v) is 17.7. The summed E-state index contributed by atoms with van der Waals surface area (Å²) in [6, 6.07) is 17.3. The number of ether oxygens (including phenoxy) is 1. The molecule has 2 aromatic rings. The van der Waals surface area contributed by atoms with E-state index in [1.807, 2.05) is 37.3 Å². The highest BCUT2D eigenvalue weighted by Crippen LogP contribution is 2.18. The smallest absolute Gasteiger partial charge is 0.243 e. The number of sulfonamides is 1. The van der Waals surface area contributed by atoms with E-state index in [1.54, 1.807) is 25.3 Å². The first-order valence-electron chi connectivity index (χ1n) is 9.72. The van der Waals surface area contributed by atoms with Crippen LogP contribution in [0.4, 0.5) is 0 Å². The van der Waals surface area contributed by atoms with Crippen molar-refractivity contribution in [3.63, 3.8) is 0 Å². The van der Waals surface area contributed by atoms with Crippen molar-refractivity contribution in [1.29, 1.82) is 0 Å². The van der Waals surface area contributed by atoms with Gasteiger partial charge >= 0.3 is 0 Å². The molecule has 1 atom stereocenters. The van der Waals surface area contributed by atoms with E-state index in [0.29, 0.717) is 18.0 Å². The van der Waals surface area contributed by atoms with Crippen LogP contribution in [0.2, 0.25) is 0 Å². The summed E-state index contributed by atoms with van der Waals surface area (Å²) in [5.41, 5.74) is 2.29. The molecular formula is C23H31NO3S. The lowest BCUT2D eigenvalue weighted by atomic mass is 10.0. The van der Waals surface area contributed by atoms with Crippen LogP contribution in [0, 0.1) is 6.92 Å². The summed E-state index contributed by atoms with van der Waals surface area (Å²) >= 11 is 0. The monoisotopic (exact) mass is 401 g/mol. The highest BCUT2D eigenvalue weighted by atomic mass is 32.2. The summed E-state index contributed by atoms with van der Waals surface area (Å²) < 4.78 is 32.9. The topological polar surface area (TPSA) is 46.6 Å². The van der Waals surface area contributed by atoms with Gasteiger partial charge in [-0.05, 0) is 50.3 Å². The maximum Gasteiger partial charge on any atom is 0.243 e. The maximum absolute atomic E-state index is 12.9. The summed E-state index contributed by atoms with van der Waals surface area (Å²) in [7, 11) is -1.77. The largest absolute Gasteiger partial charge is 0.381 e. The summed E-state index contributed by atoms with van der Waals surface area (Å²) in [6.45, 7) is 6.45. The molecule has 0 amide bonds. The van der Waals surface area contributed by atoms with E-state index in [0.717, 1.165) is 31.2 Å². The van der Waals surface area contributed by atoms with Gasteiger partial charge in [0.15, 0.2) is 0 Å². The highest BCUT2D eigenvalue weighted by molar-refractivity contribution is 7.89. The Kier molecular flexibility index (Phi) is 8.90. The predicted octanol–water partition coefficient (Wildman–Crippen LogP) is 4.60. The van der Waals surface area contributed by atoms with Gasteiger partial charge < -0.3 is 4.74 Å². The fourth-order valence-electron chi connectivity index (χ4n) is 3.15. The SMILES string of the molecule is C=CCN(CCCCC(Cc1ccccc1)OC)S(=O)(=O)c1ccc(C)cc1. The van der Waals surface area contributed by atoms with Gasteiger partial charge in [-0.25, -0.2) is 8.42 Å². The van der Waals surface area contributed by atoms with Crippen molar-refractivity contribution in [2.45, 2.75) is 43.6 Å². The predicted molar refractivity (Wildman–Crippen MR) is 115 cm³/mol. The van der Waals surface area contributed by atoms with Crippen LogP contribution in [0.1, 0.15) is 30.4 Å². The van der Waals surface area contributed by atoms with Crippen molar-refractivity contribution in [2.75, 3.05) is 20.2 Å². The maximum atomic E-state index is 12.9. The molecule has 0 N–H and O–H groups in total. The second kappa shape index (κ2) is 11.1. The van der Waals surface area contributed by atoms with Crippen molar-refractivity contribution in [2.24, 2.45) is 0 Å². The van der Waals surface area contributed by atoms with E-state index in [4.69, 9.17) is 4.74 Å². The van der Waals surface area contributed by atoms with Crippen molar-refractivity contribution < 1.29 is 13.2 Å². The minimum absolute atomic E-state index is 0.143. The van der Waals surface area contributed by atoms with E-state index >= 15 is 0 Å². The number of nitrogens with zero attached hydrogens (tertiary/aromatic N) is 1. The summed E-state index contributed by atoms with van der Waals surface area (Å²) in [5.74, 6) is 0. The molecular weight excluding hydrogens is 370 g/mol. The van der Waals surface area contributed by atoms with Gasteiger partial charge in [-0.2, -0.15) is 4.31 Å². The van der Waals surface area contributed by atoms with Crippen molar-refractivity contribution >= 4 is 10.0 Å². The fraction of sp³-hybridized carbons (Fsp3) is 0.391. The molecule has 0 heterocycles. The van der Waals surface area contributed by atoms with E-state index in [2.05, 4.69) is 18.7 Å². The van der Waals surface area contributed by atoms with Gasteiger partial charge in [-0.1, -0.05) is 54.1 Å². The zero-order chi connectivity index (χ0) is 20.4. The van der Waals surface area contributed by atoms with Crippen molar-refractivity contribution in [1.82, 2.24) is 4.31 Å². The van der Waals surface area contributed by atoms with Crippen LogP contribution in [0.5, 0.6) is 0 Å². The molecule has 0 radical (unpaired) electrons. The van der Waals surface area contributed by atoms with Gasteiger partial charge in [-0.3, -0.25) is 0 Å². The molecule has 5 heteroatoms. The Hall–Kier alpha value is -1.95. The lowest BCUT2D eigenvalue weighted by Crippen LogP contribution is -2.32. The molecule has 0 aromatic heterocycles. The molecule has 2 aromatic carbocycles. The highest BCUT2D eigenvalue weighted by Gasteiger charge is 2.23. The summed E-state index contributed by atoms with van der Waals surface area (Å²) in [4.78, 5) is 0.332. The third-order valence-electron chi connectivity index (χ3n) is 4.81. The van der Waals surface area contributed by atoms with Crippen LogP contribution in [0.3, 0.4) is 0 Å². The number of aryl methyl sites for hydroxylation is 1. The Bertz CT molecular complexity index is 817. The molecule has 28 heavy (non-hydrogen) atoms. The number of hydrogen-bond acceptors (Lipinski definition) is 3. The minimum atomic E-state index is -3.50. The van der Waals surface area contributed by atoms with E-state index in [-0.39, 0.29) is 6.10 Å². The van der Waals surface area contributed by atoms with Gasteiger partial charge in [0.1, 0.15) is 0 Å². The van der Waals surface area contributed by atoms with Gasteiger partial charge in [0.2, 0.25) is 10.0 Å². The standard InChI is InChI=1S/C23H31NO3S/c1-4-17-24(28(25,26)23-15-13-20(2)14-16-23)18-9-8-12-22(27-3)19-21-10-6-5-7-11-21/h4-7,10-11,13-16,22H,1,8-9,12,17-19H2,2-3H3. The third kappa shape index (κ3) is 6.59. The second-order valence-corrected chi connectivity index (χ2v) is 8.95. The minimum Gasteiger partial charge on any atom is -0.381 e. The Morgan fingerprint density at radius 1 is 1.07 bits per heavy atom. The third-order valence-corrected chi connectivity index (χ3v) is 6.69. The molecule has 1 unspecified atom stereocenters. The number of benzene rings is 2. The van der Waals surface area contributed by atoms with Gasteiger partial charge in [0.25, 0.3) is 0 Å². The lowest BCUT2D eigenvalue weighted by molar-refractivity contribution is 0.0929. The normalized spacial score (nSPS) is 12.8. The number of methoxy groups -OCH3 is 1. The Balaban J connectivity index is 1.90. The Morgan fingerprint density at radius 3 is 2.36 bits per heavy atom. The van der Waals surface area contributed by atoms with E-state index < -0.39 is 10.0 Å². The first-order valence-corrected chi connectivity index (χ1v) is 11.2. The average Bonchev–Trinajstić information content (AvgIpc) is 2.70. The molecule has 152 valence electrons. The Morgan fingerprint density at radius 2 is 1.75 bits per heavy atom. The molecule has 2 rings (SSSR count). The van der Waals surface area contributed by atoms with Crippen LogP contribution in [-0.2, 0) is 21.2 Å². The molecule has 0 bridgehead atoms. The lowest BCUT2D eigenvalue weighted by Gasteiger charge is -2.21. The van der Waals surface area contributed by atoms with Crippen LogP contribution in [0.25, 0.3) is 0 Å². The van der Waals surface area contributed by atoms with Gasteiger partial charge in [-0.15, -0.1) is 6.58 Å². The van der Waals surface area contributed by atoms with Crippen LogP contribution < -0.4 is 0 Å². The Labute approximate surface area is 169 Å². The number of unbranched alkanes of at least 4 members (excludes halogenated alkanes) is 1. The summed E-state index contributed by atoms with van der Waals surface area (Å²) in [6.07, 6.45) is 5.24. The van der Waals surface area contributed by atoms with Gasteiger partial charge in [0.05, 0.1) is 11.0 Å². The molecule has 0 aliphatic heterocycles. The number of rotatable bonds is 12. The van der Waals surface area contributed by atoms with Gasteiger partial charge in [0, 0.05) is 20.2 Å². The number of hydrogen-bond donors (Lipinski definition) is 0. The van der Waals surface area contributed by atoms with Crippen molar-refractivity contribution in [3.8, 4) is 0 Å². The molecule has 4 nitrogen and oxygen atoms in total. The zero-order valence-electron chi connectivity index (χ0n) is 16.9. The van der Waals surface area contributed by atoms with E-state index in [9.17, 15) is 8.42 Å². The first kappa shape index (κ1) is 22.3. The van der Waals surface area contributed by atoms with Crippen LogP contribution in [0.15, 0.2) is 72.1 Å². The van der Waals surface area contributed by atoms with Crippen LogP contribution >= 0.6 is 0 Å². The molecule has 0 fully saturated rings. The first-order chi connectivity index (χ1) is 13.5. The molecule has 0 saturated heterocycles. The molecule has 0 saturated carbocycles. The summed E-state index contributed by atoms with van der Waals surface area (Å²) in [5, 5.41) is 0. The quantitative estimate of drug-likeness (QED) is 0.386. The molecule has 0 spiro atoms. The van der Waals surface area contributed by atoms with Crippen LogP contribution in [-0.4, -0.2) is 39.0 Å². The van der Waals surface area contributed by atoms with E-state index in [1.165, 1.54) is 9.87 Å². The average molecular weight is 402 g/mol. The van der Waals surface area contributed by atoms with Crippen molar-refractivity contribution in [3.05, 3.63) is 78.4 Å².